The Labute approximate surface area is 287 Å². The van der Waals surface area contributed by atoms with E-state index in [-0.39, 0.29) is 0 Å². The molecule has 1 aromatic heterocycles. The fourth-order valence-corrected chi connectivity index (χ4v) is 11.5. The van der Waals surface area contributed by atoms with Crippen LogP contribution >= 0.6 is 0 Å². The smallest absolute Gasteiger partial charge is 0.164 e. The Hall–Kier alpha value is -3.84. The van der Waals surface area contributed by atoms with Crippen molar-refractivity contribution in [1.82, 2.24) is 15.0 Å². The summed E-state index contributed by atoms with van der Waals surface area (Å²) in [6.45, 7) is 9.82. The van der Waals surface area contributed by atoms with E-state index >= 15 is 0 Å². The van der Waals surface area contributed by atoms with E-state index in [0.29, 0.717) is 33.9 Å². The summed E-state index contributed by atoms with van der Waals surface area (Å²) in [6.07, 6.45) is 13.4. The molecule has 0 aliphatic heterocycles. The molecule has 0 N–H and O–H groups in total. The van der Waals surface area contributed by atoms with Crippen LogP contribution in [0.5, 0.6) is 0 Å². The Morgan fingerprint density at radius 1 is 0.479 bits per heavy atom. The minimum Gasteiger partial charge on any atom is -0.208 e. The van der Waals surface area contributed by atoms with Crippen LogP contribution in [0.3, 0.4) is 0 Å². The number of hydrogen-bond acceptors (Lipinski definition) is 4. The molecule has 4 unspecified atom stereocenters. The third-order valence-electron chi connectivity index (χ3n) is 12.7. The van der Waals surface area contributed by atoms with E-state index in [9.17, 15) is 5.26 Å². The van der Waals surface area contributed by atoms with Crippen LogP contribution in [-0.2, 0) is 10.8 Å². The van der Waals surface area contributed by atoms with Gasteiger partial charge in [-0.05, 0) is 146 Å². The lowest BCUT2D eigenvalue weighted by molar-refractivity contribution is 0.0779. The van der Waals surface area contributed by atoms with E-state index in [0.717, 1.165) is 52.2 Å². The molecule has 4 aliphatic rings. The number of fused-ring (bicyclic) bond motifs is 4. The van der Waals surface area contributed by atoms with Gasteiger partial charge in [0.2, 0.25) is 0 Å². The minimum atomic E-state index is 0.296. The predicted molar refractivity (Wildman–Crippen MR) is 194 cm³/mol. The lowest BCUT2D eigenvalue weighted by atomic mass is 9.54. The second-order valence-corrected chi connectivity index (χ2v) is 17.0. The average Bonchev–Trinajstić information content (AvgIpc) is 3.07. The second-order valence-electron chi connectivity index (χ2n) is 17.0. The van der Waals surface area contributed by atoms with Gasteiger partial charge in [-0.25, -0.2) is 15.0 Å². The van der Waals surface area contributed by atoms with Crippen molar-refractivity contribution in [3.8, 4) is 40.2 Å². The van der Waals surface area contributed by atoms with Crippen LogP contribution in [0.25, 0.3) is 34.2 Å². The molecule has 48 heavy (non-hydrogen) atoms. The van der Waals surface area contributed by atoms with Gasteiger partial charge in [0.1, 0.15) is 0 Å². The molecule has 246 valence electrons. The average molecular weight is 635 g/mol. The third-order valence-corrected chi connectivity index (χ3v) is 12.7. The van der Waals surface area contributed by atoms with Gasteiger partial charge < -0.3 is 0 Å². The maximum atomic E-state index is 9.39. The zero-order valence-electron chi connectivity index (χ0n) is 29.3. The molecule has 4 bridgehead atoms. The third kappa shape index (κ3) is 5.89. The van der Waals surface area contributed by atoms with Gasteiger partial charge in [-0.3, -0.25) is 0 Å². The number of nitrogens with zero attached hydrogens (tertiary/aromatic N) is 4. The molecule has 0 saturated heterocycles. The number of nitriles is 1. The summed E-state index contributed by atoms with van der Waals surface area (Å²) in [6, 6.07) is 28.2. The molecule has 3 aromatic carbocycles. The number of aromatic nitrogens is 3. The van der Waals surface area contributed by atoms with Gasteiger partial charge in [0.05, 0.1) is 11.6 Å². The standard InChI is InChI=1S/C44H50N4/c1-28-17-33-18-29(2)22-43(21-28,25-33)38-13-9-36(10-14-38)41-46-40(35-7-5-32(27-45)6-8-35)47-42(48-41)37-11-15-39(16-12-37)44-23-30(3)19-34(26-44)20-31(4)24-44/h5-16,28-31,33-34H,17-26H2,1-4H3/t28-,29+,30-,31+,33?,34?,43?,44?. The molecule has 4 fully saturated rings. The van der Waals surface area contributed by atoms with Crippen molar-refractivity contribution in [2.45, 2.75) is 103 Å². The van der Waals surface area contributed by atoms with Gasteiger partial charge in [0, 0.05) is 16.7 Å². The first kappa shape index (κ1) is 31.4. The van der Waals surface area contributed by atoms with Gasteiger partial charge in [-0.2, -0.15) is 5.26 Å². The van der Waals surface area contributed by atoms with Crippen LogP contribution in [0.15, 0.2) is 72.8 Å². The summed E-state index contributed by atoms with van der Waals surface area (Å²) in [5.41, 5.74) is 7.13. The summed E-state index contributed by atoms with van der Waals surface area (Å²) in [7, 11) is 0. The van der Waals surface area contributed by atoms with Gasteiger partial charge in [0.15, 0.2) is 17.5 Å². The normalized spacial score (nSPS) is 32.7. The van der Waals surface area contributed by atoms with Crippen molar-refractivity contribution in [2.24, 2.45) is 35.5 Å². The van der Waals surface area contributed by atoms with Crippen molar-refractivity contribution in [3.63, 3.8) is 0 Å². The van der Waals surface area contributed by atoms with Crippen molar-refractivity contribution in [3.05, 3.63) is 89.5 Å². The van der Waals surface area contributed by atoms with Crippen LogP contribution in [0.2, 0.25) is 0 Å². The predicted octanol–water partition coefficient (Wildman–Crippen LogP) is 11.0. The topological polar surface area (TPSA) is 62.5 Å². The molecule has 0 amide bonds. The van der Waals surface area contributed by atoms with E-state index < -0.39 is 0 Å². The lowest BCUT2D eigenvalue weighted by Gasteiger charge is -2.50. The largest absolute Gasteiger partial charge is 0.208 e. The Morgan fingerprint density at radius 2 is 0.792 bits per heavy atom. The molecule has 8 rings (SSSR count). The summed E-state index contributed by atoms with van der Waals surface area (Å²) >= 11 is 0. The molecule has 1 heterocycles. The van der Waals surface area contributed by atoms with Crippen LogP contribution in [-0.4, -0.2) is 15.0 Å². The van der Waals surface area contributed by atoms with Crippen molar-refractivity contribution in [1.29, 1.82) is 5.26 Å². The monoisotopic (exact) mass is 634 g/mol. The first-order chi connectivity index (χ1) is 23.2. The van der Waals surface area contributed by atoms with Crippen molar-refractivity contribution >= 4 is 0 Å². The zero-order chi connectivity index (χ0) is 33.0. The Bertz CT molecular complexity index is 1670. The summed E-state index contributed by atoms with van der Waals surface area (Å²) < 4.78 is 0. The highest BCUT2D eigenvalue weighted by molar-refractivity contribution is 5.67. The quantitative estimate of drug-likeness (QED) is 0.219. The Kier molecular flexibility index (Phi) is 8.02. The molecule has 0 spiro atoms. The Balaban J connectivity index is 1.15. The van der Waals surface area contributed by atoms with Crippen molar-refractivity contribution < 1.29 is 0 Å². The SMILES string of the molecule is C[C@@H]1CC2C[C@H](C)CC(c3ccc(-c4nc(-c5ccc(C#N)cc5)nc(-c5ccc(C67CC(C[C@@H](C)C6)C[C@H](C)C7)cc5)n4)cc3)(C2)C1. The number of hydrogen-bond donors (Lipinski definition) is 0. The molecule has 4 aliphatic carbocycles. The summed E-state index contributed by atoms with van der Waals surface area (Å²) in [5.74, 6) is 6.88. The fraction of sp³-hybridized carbons (Fsp3) is 0.500. The van der Waals surface area contributed by atoms with Crippen LogP contribution in [0, 0.1) is 46.8 Å². The number of rotatable bonds is 5. The first-order valence-corrected chi connectivity index (χ1v) is 18.7. The van der Waals surface area contributed by atoms with E-state index in [1.54, 1.807) is 0 Å². The van der Waals surface area contributed by atoms with Gasteiger partial charge >= 0.3 is 0 Å². The van der Waals surface area contributed by atoms with Crippen LogP contribution in [0.4, 0.5) is 0 Å². The second kappa shape index (κ2) is 12.2. The van der Waals surface area contributed by atoms with Gasteiger partial charge in [0.25, 0.3) is 0 Å². The number of benzene rings is 3. The highest BCUT2D eigenvalue weighted by atomic mass is 15.0. The maximum Gasteiger partial charge on any atom is 0.164 e. The van der Waals surface area contributed by atoms with E-state index in [4.69, 9.17) is 15.0 Å². The minimum absolute atomic E-state index is 0.296. The van der Waals surface area contributed by atoms with Gasteiger partial charge in [-0.15, -0.1) is 0 Å². The highest BCUT2D eigenvalue weighted by Crippen LogP contribution is 2.55. The molecule has 4 saturated carbocycles. The molecular formula is C44H50N4. The molecule has 8 atom stereocenters. The zero-order valence-corrected chi connectivity index (χ0v) is 29.3. The molecular weight excluding hydrogens is 585 g/mol. The fourth-order valence-electron chi connectivity index (χ4n) is 11.5. The van der Waals surface area contributed by atoms with Gasteiger partial charge in [-0.1, -0.05) is 76.2 Å². The highest BCUT2D eigenvalue weighted by Gasteiger charge is 2.46. The van der Waals surface area contributed by atoms with Crippen molar-refractivity contribution in [2.75, 3.05) is 0 Å². The summed E-state index contributed by atoms with van der Waals surface area (Å²) in [4.78, 5) is 15.2. The Morgan fingerprint density at radius 3 is 1.10 bits per heavy atom. The molecule has 4 aromatic rings. The lowest BCUT2D eigenvalue weighted by Crippen LogP contribution is -2.42. The van der Waals surface area contributed by atoms with E-state index in [1.165, 1.54) is 75.3 Å². The first-order valence-electron chi connectivity index (χ1n) is 18.7. The molecule has 4 heteroatoms. The van der Waals surface area contributed by atoms with E-state index in [1.807, 2.05) is 24.3 Å². The molecule has 4 nitrogen and oxygen atoms in total. The molecule has 0 radical (unpaired) electrons. The van der Waals surface area contributed by atoms with Crippen LogP contribution < -0.4 is 0 Å². The van der Waals surface area contributed by atoms with E-state index in [2.05, 4.69) is 82.3 Å². The maximum absolute atomic E-state index is 9.39. The van der Waals surface area contributed by atoms with Crippen LogP contribution in [0.1, 0.15) is 109 Å². The summed E-state index contributed by atoms with van der Waals surface area (Å²) in [5, 5.41) is 9.39.